The first-order chi connectivity index (χ1) is 14.0. The van der Waals surface area contributed by atoms with E-state index in [-0.39, 0.29) is 17.5 Å². The Morgan fingerprint density at radius 2 is 1.66 bits per heavy atom. The molecule has 6 heteroatoms. The van der Waals surface area contributed by atoms with E-state index in [1.165, 1.54) is 0 Å². The number of nitrogens with zero attached hydrogens (tertiary/aromatic N) is 1. The summed E-state index contributed by atoms with van der Waals surface area (Å²) in [5, 5.41) is 16.5. The van der Waals surface area contributed by atoms with Crippen LogP contribution in [0.1, 0.15) is 68.4 Å². The van der Waals surface area contributed by atoms with Crippen LogP contribution in [-0.4, -0.2) is 20.2 Å². The molecule has 2 aliphatic carbocycles. The molecule has 0 atom stereocenters. The summed E-state index contributed by atoms with van der Waals surface area (Å²) in [6, 6.07) is 4.04. The van der Waals surface area contributed by atoms with Crippen molar-refractivity contribution in [1.29, 1.82) is 0 Å². The van der Waals surface area contributed by atoms with Gasteiger partial charge in [0.2, 0.25) is 0 Å². The summed E-state index contributed by atoms with van der Waals surface area (Å²) in [6.45, 7) is 3.83. The Labute approximate surface area is 169 Å². The highest BCUT2D eigenvalue weighted by Crippen LogP contribution is 2.52. The van der Waals surface area contributed by atoms with Gasteiger partial charge in [0.05, 0.1) is 22.3 Å². The number of aliphatic hydroxyl groups is 1. The standard InChI is InChI=1S/C23H29N3O3/c1-13-20(14(2)29-26-13)15-11-18(21-19(12-15)24-22(27)25-21)23(28,16-7-3-4-8-16)17-9-5-6-10-17/h11-12,16-17,28H,3-10H2,1-2H3,(H2,24,25,27). The molecule has 2 aliphatic rings. The molecule has 2 fully saturated rings. The van der Waals surface area contributed by atoms with Crippen LogP contribution in [0.3, 0.4) is 0 Å². The Balaban J connectivity index is 1.78. The van der Waals surface area contributed by atoms with Gasteiger partial charge in [-0.2, -0.15) is 0 Å². The van der Waals surface area contributed by atoms with Crippen molar-refractivity contribution in [2.24, 2.45) is 11.8 Å². The van der Waals surface area contributed by atoms with Crippen LogP contribution in [0.15, 0.2) is 21.5 Å². The lowest BCUT2D eigenvalue weighted by Crippen LogP contribution is -2.41. The molecule has 2 saturated carbocycles. The van der Waals surface area contributed by atoms with E-state index in [1.54, 1.807) is 0 Å². The molecule has 6 nitrogen and oxygen atoms in total. The van der Waals surface area contributed by atoms with Gasteiger partial charge in [-0.3, -0.25) is 0 Å². The Kier molecular flexibility index (Phi) is 4.42. The SMILES string of the molecule is Cc1noc(C)c1-c1cc(C(O)(C2CCCC2)C2CCCC2)c2[nH]c(=O)[nH]c2c1. The first-order valence-corrected chi connectivity index (χ1v) is 10.9. The maximum Gasteiger partial charge on any atom is 0.323 e. The van der Waals surface area contributed by atoms with Crippen LogP contribution in [0.4, 0.5) is 0 Å². The van der Waals surface area contributed by atoms with Crippen molar-refractivity contribution in [3.05, 3.63) is 39.6 Å². The monoisotopic (exact) mass is 395 g/mol. The maximum atomic E-state index is 12.4. The number of imidazole rings is 1. The molecule has 3 N–H and O–H groups in total. The minimum atomic E-state index is -0.925. The predicted octanol–water partition coefficient (Wildman–Crippen LogP) is 4.70. The zero-order valence-corrected chi connectivity index (χ0v) is 17.2. The van der Waals surface area contributed by atoms with E-state index in [0.29, 0.717) is 0 Å². The summed E-state index contributed by atoms with van der Waals surface area (Å²) in [4.78, 5) is 18.1. The van der Waals surface area contributed by atoms with E-state index in [9.17, 15) is 9.90 Å². The molecule has 0 spiro atoms. The molecular formula is C23H29N3O3. The molecule has 0 amide bonds. The molecular weight excluding hydrogens is 366 g/mol. The Morgan fingerprint density at radius 3 is 2.21 bits per heavy atom. The van der Waals surface area contributed by atoms with E-state index < -0.39 is 5.60 Å². The molecule has 1 aromatic carbocycles. The fourth-order valence-corrected chi connectivity index (χ4v) is 6.00. The van der Waals surface area contributed by atoms with Gasteiger partial charge in [0.1, 0.15) is 5.76 Å². The van der Waals surface area contributed by atoms with Crippen LogP contribution < -0.4 is 5.69 Å². The third-order valence-corrected chi connectivity index (χ3v) is 7.33. The van der Waals surface area contributed by atoms with E-state index >= 15 is 0 Å². The lowest BCUT2D eigenvalue weighted by Gasteiger charge is -2.40. The number of aromatic nitrogens is 3. The second-order valence-corrected chi connectivity index (χ2v) is 9.01. The van der Waals surface area contributed by atoms with Crippen molar-refractivity contribution in [1.82, 2.24) is 15.1 Å². The predicted molar refractivity (Wildman–Crippen MR) is 112 cm³/mol. The van der Waals surface area contributed by atoms with Crippen molar-refractivity contribution >= 4 is 11.0 Å². The highest BCUT2D eigenvalue weighted by molar-refractivity contribution is 5.86. The fourth-order valence-electron chi connectivity index (χ4n) is 6.00. The molecule has 0 saturated heterocycles. The molecule has 0 bridgehead atoms. The van der Waals surface area contributed by atoms with Crippen LogP contribution >= 0.6 is 0 Å². The fraction of sp³-hybridized carbons (Fsp3) is 0.565. The van der Waals surface area contributed by atoms with Crippen molar-refractivity contribution < 1.29 is 9.63 Å². The highest BCUT2D eigenvalue weighted by atomic mass is 16.5. The quantitative estimate of drug-likeness (QED) is 0.597. The van der Waals surface area contributed by atoms with Gasteiger partial charge in [0.25, 0.3) is 0 Å². The Bertz CT molecular complexity index is 1060. The van der Waals surface area contributed by atoms with E-state index in [2.05, 4.69) is 21.2 Å². The van der Waals surface area contributed by atoms with Gasteiger partial charge < -0.3 is 19.6 Å². The second kappa shape index (κ2) is 6.87. The number of aryl methyl sites for hydroxylation is 2. The number of nitrogens with one attached hydrogen (secondary N) is 2. The molecule has 5 rings (SSSR count). The summed E-state index contributed by atoms with van der Waals surface area (Å²) in [6.07, 6.45) is 8.81. The summed E-state index contributed by atoms with van der Waals surface area (Å²) < 4.78 is 5.40. The maximum absolute atomic E-state index is 12.4. The van der Waals surface area contributed by atoms with E-state index in [4.69, 9.17) is 4.52 Å². The number of benzene rings is 1. The molecule has 0 aliphatic heterocycles. The normalized spacial score (nSPS) is 19.0. The number of H-pyrrole nitrogens is 2. The van der Waals surface area contributed by atoms with Crippen LogP contribution in [0.2, 0.25) is 0 Å². The number of aromatic amines is 2. The first kappa shape index (κ1) is 18.7. The van der Waals surface area contributed by atoms with E-state index in [1.807, 2.05) is 19.9 Å². The average molecular weight is 396 g/mol. The molecule has 2 heterocycles. The molecule has 0 radical (unpaired) electrons. The minimum absolute atomic E-state index is 0.229. The van der Waals surface area contributed by atoms with Gasteiger partial charge in [-0.1, -0.05) is 30.8 Å². The third kappa shape index (κ3) is 2.88. The molecule has 29 heavy (non-hydrogen) atoms. The van der Waals surface area contributed by atoms with Crippen LogP contribution in [0.5, 0.6) is 0 Å². The van der Waals surface area contributed by atoms with Crippen molar-refractivity contribution in [2.75, 3.05) is 0 Å². The van der Waals surface area contributed by atoms with Gasteiger partial charge in [-0.25, -0.2) is 4.79 Å². The summed E-state index contributed by atoms with van der Waals surface area (Å²) in [5.41, 5.74) is 3.87. The van der Waals surface area contributed by atoms with Gasteiger partial charge in [-0.15, -0.1) is 0 Å². The largest absolute Gasteiger partial charge is 0.385 e. The number of rotatable bonds is 4. The molecule has 3 aromatic rings. The minimum Gasteiger partial charge on any atom is -0.385 e. The van der Waals surface area contributed by atoms with Crippen LogP contribution in [-0.2, 0) is 5.60 Å². The zero-order valence-electron chi connectivity index (χ0n) is 17.2. The van der Waals surface area contributed by atoms with Crippen LogP contribution in [0, 0.1) is 25.7 Å². The number of hydrogen-bond acceptors (Lipinski definition) is 4. The lowest BCUT2D eigenvalue weighted by atomic mass is 9.70. The summed E-state index contributed by atoms with van der Waals surface area (Å²) in [5.74, 6) is 1.20. The van der Waals surface area contributed by atoms with Crippen LogP contribution in [0.25, 0.3) is 22.2 Å². The third-order valence-electron chi connectivity index (χ3n) is 7.33. The molecule has 154 valence electrons. The Hall–Kier alpha value is -2.34. The van der Waals surface area contributed by atoms with Crippen molar-refractivity contribution in [2.45, 2.75) is 70.8 Å². The second-order valence-electron chi connectivity index (χ2n) is 9.01. The molecule has 2 aromatic heterocycles. The molecule has 0 unspecified atom stereocenters. The first-order valence-electron chi connectivity index (χ1n) is 10.9. The van der Waals surface area contributed by atoms with Gasteiger partial charge in [0.15, 0.2) is 0 Å². The number of hydrogen-bond donors (Lipinski definition) is 3. The average Bonchev–Trinajstić information content (AvgIpc) is 3.48. The van der Waals surface area contributed by atoms with E-state index in [0.717, 1.165) is 90.5 Å². The van der Waals surface area contributed by atoms with Crippen molar-refractivity contribution in [3.63, 3.8) is 0 Å². The van der Waals surface area contributed by atoms with Gasteiger partial charge in [-0.05, 0) is 69.1 Å². The summed E-state index contributed by atoms with van der Waals surface area (Å²) in [7, 11) is 0. The topological polar surface area (TPSA) is 94.9 Å². The smallest absolute Gasteiger partial charge is 0.323 e. The summed E-state index contributed by atoms with van der Waals surface area (Å²) >= 11 is 0. The number of fused-ring (bicyclic) bond motifs is 1. The van der Waals surface area contributed by atoms with Crippen molar-refractivity contribution in [3.8, 4) is 11.1 Å². The van der Waals surface area contributed by atoms with Gasteiger partial charge in [0, 0.05) is 11.1 Å². The lowest BCUT2D eigenvalue weighted by molar-refractivity contribution is -0.0722. The Morgan fingerprint density at radius 1 is 1.03 bits per heavy atom. The van der Waals surface area contributed by atoms with Gasteiger partial charge >= 0.3 is 5.69 Å². The highest BCUT2D eigenvalue weighted by Gasteiger charge is 2.48. The zero-order chi connectivity index (χ0) is 20.2.